The second kappa shape index (κ2) is 6.90. The van der Waals surface area contributed by atoms with Crippen LogP contribution in [0, 0.1) is 0 Å². The summed E-state index contributed by atoms with van der Waals surface area (Å²) < 4.78 is 5.65. The van der Waals surface area contributed by atoms with Gasteiger partial charge in [-0.05, 0) is 24.8 Å². The minimum Gasteiger partial charge on any atom is -0.490 e. The molecule has 0 aliphatic heterocycles. The average Bonchev–Trinajstić information content (AvgIpc) is 2.50. The summed E-state index contributed by atoms with van der Waals surface area (Å²) >= 11 is 0. The fourth-order valence-corrected chi connectivity index (χ4v) is 1.98. The monoisotopic (exact) mass is 286 g/mol. The first-order valence-electron chi connectivity index (χ1n) is 6.76. The Balaban J connectivity index is 1.99. The molecule has 2 aromatic carbocycles. The number of ether oxygens (including phenoxy) is 1. The molecule has 21 heavy (non-hydrogen) atoms. The van der Waals surface area contributed by atoms with Gasteiger partial charge in [0.2, 0.25) is 0 Å². The lowest BCUT2D eigenvalue weighted by atomic mass is 10.1. The van der Waals surface area contributed by atoms with Crippen molar-refractivity contribution in [1.82, 2.24) is 0 Å². The molecule has 2 N–H and O–H groups in total. The van der Waals surface area contributed by atoms with Crippen LogP contribution in [0.15, 0.2) is 54.1 Å². The van der Waals surface area contributed by atoms with E-state index in [1.165, 1.54) is 13.0 Å². The van der Waals surface area contributed by atoms with Gasteiger partial charge in [0.15, 0.2) is 0 Å². The van der Waals surface area contributed by atoms with E-state index in [4.69, 9.17) is 9.84 Å². The molecule has 0 heterocycles. The molecule has 1 atom stereocenters. The zero-order valence-electron chi connectivity index (χ0n) is 11.8. The minimum atomic E-state index is -0.975. The number of aliphatic hydroxyl groups excluding tert-OH is 1. The van der Waals surface area contributed by atoms with E-state index in [1.54, 1.807) is 0 Å². The van der Waals surface area contributed by atoms with Crippen molar-refractivity contribution in [1.29, 1.82) is 0 Å². The maximum Gasteiger partial charge on any atom is 0.330 e. The molecule has 110 valence electrons. The third-order valence-corrected chi connectivity index (χ3v) is 3.21. The normalized spacial score (nSPS) is 13.1. The number of carboxylic acids is 1. The molecule has 4 heteroatoms. The number of carboxylic acid groups (broad SMARTS) is 1. The SMILES string of the molecule is CC(=CCC(O)COc1cccc2ccccc12)C(=O)O. The van der Waals surface area contributed by atoms with Crippen molar-refractivity contribution in [2.75, 3.05) is 6.61 Å². The number of aliphatic carboxylic acids is 1. The third-order valence-electron chi connectivity index (χ3n) is 3.21. The Hall–Kier alpha value is -2.33. The number of fused-ring (bicyclic) bond motifs is 1. The molecular formula is C17H18O4. The Kier molecular flexibility index (Phi) is 4.95. The van der Waals surface area contributed by atoms with Gasteiger partial charge in [0.1, 0.15) is 12.4 Å². The van der Waals surface area contributed by atoms with E-state index in [-0.39, 0.29) is 18.6 Å². The highest BCUT2D eigenvalue weighted by Crippen LogP contribution is 2.25. The van der Waals surface area contributed by atoms with Gasteiger partial charge in [-0.3, -0.25) is 0 Å². The highest BCUT2D eigenvalue weighted by Gasteiger charge is 2.07. The van der Waals surface area contributed by atoms with Crippen molar-refractivity contribution in [2.45, 2.75) is 19.4 Å². The van der Waals surface area contributed by atoms with E-state index in [9.17, 15) is 9.90 Å². The third kappa shape index (κ3) is 4.07. The molecular weight excluding hydrogens is 268 g/mol. The minimum absolute atomic E-state index is 0.122. The number of hydrogen-bond acceptors (Lipinski definition) is 3. The molecule has 0 saturated carbocycles. The largest absolute Gasteiger partial charge is 0.490 e. The maximum absolute atomic E-state index is 10.7. The number of rotatable bonds is 6. The van der Waals surface area contributed by atoms with E-state index >= 15 is 0 Å². The molecule has 1 unspecified atom stereocenters. The molecule has 2 aromatic rings. The molecule has 0 bridgehead atoms. The summed E-state index contributed by atoms with van der Waals surface area (Å²) in [5, 5.41) is 20.7. The lowest BCUT2D eigenvalue weighted by Crippen LogP contribution is -2.17. The summed E-state index contributed by atoms with van der Waals surface area (Å²) in [5.41, 5.74) is 0.221. The molecule has 0 aromatic heterocycles. The smallest absolute Gasteiger partial charge is 0.330 e. The van der Waals surface area contributed by atoms with Crippen LogP contribution in [0.3, 0.4) is 0 Å². The Morgan fingerprint density at radius 1 is 1.24 bits per heavy atom. The second-order valence-electron chi connectivity index (χ2n) is 4.87. The predicted molar refractivity (Wildman–Crippen MR) is 81.5 cm³/mol. The van der Waals surface area contributed by atoms with Crippen LogP contribution in [0.2, 0.25) is 0 Å². The van der Waals surface area contributed by atoms with Crippen LogP contribution in [0.25, 0.3) is 10.8 Å². The summed E-state index contributed by atoms with van der Waals surface area (Å²) in [5.74, 6) is -0.261. The van der Waals surface area contributed by atoms with Crippen LogP contribution in [0.1, 0.15) is 13.3 Å². The first-order chi connectivity index (χ1) is 10.1. The quantitative estimate of drug-likeness (QED) is 0.801. The maximum atomic E-state index is 10.7. The van der Waals surface area contributed by atoms with Gasteiger partial charge in [0, 0.05) is 11.0 Å². The van der Waals surface area contributed by atoms with Gasteiger partial charge < -0.3 is 14.9 Å². The van der Waals surface area contributed by atoms with Crippen molar-refractivity contribution >= 4 is 16.7 Å². The summed E-state index contributed by atoms with van der Waals surface area (Å²) in [6.45, 7) is 1.62. The molecule has 4 nitrogen and oxygen atoms in total. The first kappa shape index (κ1) is 15.1. The molecule has 0 saturated heterocycles. The van der Waals surface area contributed by atoms with Crippen LogP contribution in [-0.2, 0) is 4.79 Å². The van der Waals surface area contributed by atoms with E-state index < -0.39 is 12.1 Å². The number of hydrogen-bond donors (Lipinski definition) is 2. The zero-order valence-corrected chi connectivity index (χ0v) is 11.8. The highest BCUT2D eigenvalue weighted by atomic mass is 16.5. The molecule has 0 amide bonds. The predicted octanol–water partition coefficient (Wildman–Crippen LogP) is 3.00. The van der Waals surface area contributed by atoms with E-state index in [2.05, 4.69) is 0 Å². The lowest BCUT2D eigenvalue weighted by molar-refractivity contribution is -0.132. The Labute approximate surface area is 123 Å². The van der Waals surface area contributed by atoms with Gasteiger partial charge in [-0.15, -0.1) is 0 Å². The van der Waals surface area contributed by atoms with Gasteiger partial charge in [-0.1, -0.05) is 42.5 Å². The molecule has 0 spiro atoms. The molecule has 0 aliphatic carbocycles. The Morgan fingerprint density at radius 2 is 1.95 bits per heavy atom. The summed E-state index contributed by atoms with van der Waals surface area (Å²) in [7, 11) is 0. The zero-order chi connectivity index (χ0) is 15.2. The second-order valence-corrected chi connectivity index (χ2v) is 4.87. The van der Waals surface area contributed by atoms with Gasteiger partial charge >= 0.3 is 5.97 Å². The van der Waals surface area contributed by atoms with E-state index in [1.807, 2.05) is 42.5 Å². The van der Waals surface area contributed by atoms with Gasteiger partial charge in [-0.25, -0.2) is 4.79 Å². The first-order valence-corrected chi connectivity index (χ1v) is 6.76. The lowest BCUT2D eigenvalue weighted by Gasteiger charge is -2.12. The summed E-state index contributed by atoms with van der Waals surface area (Å²) in [6, 6.07) is 13.6. The van der Waals surface area contributed by atoms with Crippen molar-refractivity contribution < 1.29 is 19.7 Å². The van der Waals surface area contributed by atoms with Crippen LogP contribution in [0.5, 0.6) is 5.75 Å². The van der Waals surface area contributed by atoms with Gasteiger partial charge in [0.25, 0.3) is 0 Å². The van der Waals surface area contributed by atoms with Gasteiger partial charge in [0.05, 0.1) is 6.10 Å². The molecule has 0 aliphatic rings. The number of benzene rings is 2. The van der Waals surface area contributed by atoms with Crippen molar-refractivity contribution in [3.8, 4) is 5.75 Å². The Bertz CT molecular complexity index is 655. The van der Waals surface area contributed by atoms with Crippen LogP contribution >= 0.6 is 0 Å². The van der Waals surface area contributed by atoms with Crippen molar-refractivity contribution in [3.05, 3.63) is 54.1 Å². The fourth-order valence-electron chi connectivity index (χ4n) is 1.98. The van der Waals surface area contributed by atoms with Crippen LogP contribution in [-0.4, -0.2) is 28.9 Å². The fraction of sp³-hybridized carbons (Fsp3) is 0.235. The highest BCUT2D eigenvalue weighted by molar-refractivity contribution is 5.88. The molecule has 0 fully saturated rings. The van der Waals surface area contributed by atoms with Crippen LogP contribution < -0.4 is 4.74 Å². The number of carbonyl (C=O) groups is 1. The summed E-state index contributed by atoms with van der Waals surface area (Å²) in [6.07, 6.45) is 1.01. The standard InChI is InChI=1S/C17H18O4/c1-12(17(19)20)9-10-14(18)11-21-16-8-4-6-13-5-2-3-7-15(13)16/h2-9,14,18H,10-11H2,1H3,(H,19,20). The van der Waals surface area contributed by atoms with Gasteiger partial charge in [-0.2, -0.15) is 0 Å². The van der Waals surface area contributed by atoms with E-state index in [0.29, 0.717) is 5.75 Å². The Morgan fingerprint density at radius 3 is 2.71 bits per heavy atom. The van der Waals surface area contributed by atoms with Crippen LogP contribution in [0.4, 0.5) is 0 Å². The molecule has 2 rings (SSSR count). The van der Waals surface area contributed by atoms with E-state index in [0.717, 1.165) is 10.8 Å². The van der Waals surface area contributed by atoms with Crippen molar-refractivity contribution in [2.24, 2.45) is 0 Å². The van der Waals surface area contributed by atoms with Crippen molar-refractivity contribution in [3.63, 3.8) is 0 Å². The number of aliphatic hydroxyl groups is 1. The summed E-state index contributed by atoms with van der Waals surface area (Å²) in [4.78, 5) is 10.7. The topological polar surface area (TPSA) is 66.8 Å². The average molecular weight is 286 g/mol. The molecule has 0 radical (unpaired) electrons.